The molecule has 2 aromatic rings. The number of nitrogens with zero attached hydrogens (tertiary/aromatic N) is 3. The van der Waals surface area contributed by atoms with Gasteiger partial charge in [0.25, 0.3) is 5.91 Å². The molecule has 1 unspecified atom stereocenters. The summed E-state index contributed by atoms with van der Waals surface area (Å²) in [6, 6.07) is 6.45. The van der Waals surface area contributed by atoms with E-state index in [2.05, 4.69) is 10.2 Å². The van der Waals surface area contributed by atoms with Crippen LogP contribution in [0.5, 0.6) is 23.0 Å². The molecule has 2 aromatic carbocycles. The standard InChI is InChI=1S/C24H29Cl2N3O6/c1-6-32-18-12-10-16(14-20(18)34-8-3)29(26)24(31)21(15(5)30)27-28-22-19(33-7-2)13-11-17(25)23(22)35-9-4/h10-14,21H,6-9H2,1-5H3. The molecule has 0 fully saturated rings. The first-order chi connectivity index (χ1) is 16.8. The summed E-state index contributed by atoms with van der Waals surface area (Å²) in [7, 11) is 0. The predicted octanol–water partition coefficient (Wildman–Crippen LogP) is 6.16. The van der Waals surface area contributed by atoms with E-state index in [0.717, 1.165) is 4.42 Å². The van der Waals surface area contributed by atoms with Gasteiger partial charge in [-0.05, 0) is 58.9 Å². The number of Topliss-reactive ketones (excluding diaryl/α,β-unsaturated/α-hetero) is 1. The van der Waals surface area contributed by atoms with Gasteiger partial charge in [0.05, 0.1) is 37.1 Å². The Kier molecular flexibility index (Phi) is 11.1. The summed E-state index contributed by atoms with van der Waals surface area (Å²) >= 11 is 12.6. The summed E-state index contributed by atoms with van der Waals surface area (Å²) in [5, 5.41) is 8.41. The monoisotopic (exact) mass is 525 g/mol. The van der Waals surface area contributed by atoms with Crippen LogP contribution >= 0.6 is 23.4 Å². The Morgan fingerprint density at radius 3 is 2.06 bits per heavy atom. The summed E-state index contributed by atoms with van der Waals surface area (Å²) in [6.45, 7) is 9.95. The van der Waals surface area contributed by atoms with E-state index in [-0.39, 0.29) is 22.1 Å². The molecule has 190 valence electrons. The average Bonchev–Trinajstić information content (AvgIpc) is 2.83. The van der Waals surface area contributed by atoms with Crippen LogP contribution in [-0.2, 0) is 9.59 Å². The van der Waals surface area contributed by atoms with Crippen molar-refractivity contribution in [2.75, 3.05) is 30.8 Å². The van der Waals surface area contributed by atoms with E-state index < -0.39 is 17.7 Å². The van der Waals surface area contributed by atoms with Gasteiger partial charge >= 0.3 is 0 Å². The molecule has 0 radical (unpaired) electrons. The van der Waals surface area contributed by atoms with Crippen LogP contribution < -0.4 is 23.4 Å². The minimum absolute atomic E-state index is 0.168. The number of halogens is 2. The van der Waals surface area contributed by atoms with E-state index in [1.165, 1.54) is 6.92 Å². The first-order valence-electron chi connectivity index (χ1n) is 11.2. The van der Waals surface area contributed by atoms with Crippen LogP contribution in [0.2, 0.25) is 5.02 Å². The van der Waals surface area contributed by atoms with Crippen LogP contribution in [0.15, 0.2) is 40.6 Å². The van der Waals surface area contributed by atoms with Crippen LogP contribution in [0.3, 0.4) is 0 Å². The Balaban J connectivity index is 2.42. The Hall–Kier alpha value is -3.04. The number of rotatable bonds is 13. The molecule has 9 nitrogen and oxygen atoms in total. The summed E-state index contributed by atoms with van der Waals surface area (Å²) in [6.07, 6.45) is 0. The van der Waals surface area contributed by atoms with Crippen molar-refractivity contribution >= 4 is 46.4 Å². The van der Waals surface area contributed by atoms with Gasteiger partial charge in [-0.2, -0.15) is 5.11 Å². The maximum Gasteiger partial charge on any atom is 0.276 e. The number of carbonyl (C=O) groups is 2. The van der Waals surface area contributed by atoms with Crippen LogP contribution in [0.25, 0.3) is 0 Å². The number of anilines is 1. The van der Waals surface area contributed by atoms with Gasteiger partial charge in [0.2, 0.25) is 6.04 Å². The summed E-state index contributed by atoms with van der Waals surface area (Å²) in [4.78, 5) is 25.5. The highest BCUT2D eigenvalue weighted by molar-refractivity contribution is 6.39. The van der Waals surface area contributed by atoms with Crippen LogP contribution in [0, 0.1) is 0 Å². The number of benzene rings is 2. The van der Waals surface area contributed by atoms with Gasteiger partial charge in [0.1, 0.15) is 0 Å². The molecule has 2 rings (SSSR count). The van der Waals surface area contributed by atoms with E-state index in [0.29, 0.717) is 43.7 Å². The average molecular weight is 526 g/mol. The fourth-order valence-electron chi connectivity index (χ4n) is 2.99. The Labute approximate surface area is 215 Å². The van der Waals surface area contributed by atoms with Gasteiger partial charge in [-0.1, -0.05) is 11.6 Å². The fraction of sp³-hybridized carbons (Fsp3) is 0.417. The number of carbonyl (C=O) groups excluding carboxylic acids is 2. The lowest BCUT2D eigenvalue weighted by atomic mass is 10.2. The second-order valence-corrected chi connectivity index (χ2v) is 7.68. The number of ketones is 1. The number of ether oxygens (including phenoxy) is 4. The number of hydrogen-bond acceptors (Lipinski definition) is 8. The second-order valence-electron chi connectivity index (χ2n) is 6.93. The van der Waals surface area contributed by atoms with Gasteiger partial charge in [-0.3, -0.25) is 9.59 Å². The van der Waals surface area contributed by atoms with E-state index >= 15 is 0 Å². The topological polar surface area (TPSA) is 99.0 Å². The molecule has 1 amide bonds. The lowest BCUT2D eigenvalue weighted by Crippen LogP contribution is -2.36. The molecule has 0 N–H and O–H groups in total. The van der Waals surface area contributed by atoms with Crippen molar-refractivity contribution in [2.24, 2.45) is 10.2 Å². The highest BCUT2D eigenvalue weighted by Crippen LogP contribution is 2.43. The van der Waals surface area contributed by atoms with Crippen molar-refractivity contribution < 1.29 is 28.5 Å². The van der Waals surface area contributed by atoms with Crippen molar-refractivity contribution in [3.05, 3.63) is 35.4 Å². The Morgan fingerprint density at radius 2 is 1.46 bits per heavy atom. The molecule has 0 saturated heterocycles. The highest BCUT2D eigenvalue weighted by Gasteiger charge is 2.30. The quantitative estimate of drug-likeness (QED) is 0.176. The molecule has 0 spiro atoms. The summed E-state index contributed by atoms with van der Waals surface area (Å²) in [5.41, 5.74) is 0.443. The lowest BCUT2D eigenvalue weighted by Gasteiger charge is -2.19. The van der Waals surface area contributed by atoms with Crippen LogP contribution in [0.1, 0.15) is 34.6 Å². The van der Waals surface area contributed by atoms with Crippen molar-refractivity contribution in [2.45, 2.75) is 40.7 Å². The largest absolute Gasteiger partial charge is 0.491 e. The van der Waals surface area contributed by atoms with E-state index in [1.54, 1.807) is 44.2 Å². The predicted molar refractivity (Wildman–Crippen MR) is 135 cm³/mol. The first-order valence-corrected chi connectivity index (χ1v) is 11.9. The molecule has 0 heterocycles. The van der Waals surface area contributed by atoms with Gasteiger partial charge in [0, 0.05) is 17.8 Å². The molecule has 1 atom stereocenters. The molecular weight excluding hydrogens is 497 g/mol. The third-order valence-corrected chi connectivity index (χ3v) is 5.13. The van der Waals surface area contributed by atoms with E-state index in [4.69, 9.17) is 42.3 Å². The zero-order chi connectivity index (χ0) is 26.0. The minimum Gasteiger partial charge on any atom is -0.491 e. The molecular formula is C24H29Cl2N3O6. The Morgan fingerprint density at radius 1 is 0.886 bits per heavy atom. The van der Waals surface area contributed by atoms with Gasteiger partial charge in [-0.25, -0.2) is 4.42 Å². The molecule has 11 heteroatoms. The zero-order valence-electron chi connectivity index (χ0n) is 20.3. The number of hydrogen-bond donors (Lipinski definition) is 0. The van der Waals surface area contributed by atoms with E-state index in [9.17, 15) is 9.59 Å². The van der Waals surface area contributed by atoms with Crippen LogP contribution in [0.4, 0.5) is 11.4 Å². The maximum absolute atomic E-state index is 13.1. The molecule has 0 aromatic heterocycles. The zero-order valence-corrected chi connectivity index (χ0v) is 21.9. The summed E-state index contributed by atoms with van der Waals surface area (Å²) in [5.74, 6) is 0.133. The van der Waals surface area contributed by atoms with E-state index in [1.807, 2.05) is 13.8 Å². The molecule has 35 heavy (non-hydrogen) atoms. The SMILES string of the molecule is CCOc1ccc(N(Cl)C(=O)C(N=Nc2c(OCC)ccc(Cl)c2OCC)C(C)=O)cc1OCC. The Bertz CT molecular complexity index is 1060. The number of amides is 1. The first kappa shape index (κ1) is 28.2. The van der Waals surface area contributed by atoms with Gasteiger partial charge in [-0.15, -0.1) is 5.11 Å². The fourth-order valence-corrected chi connectivity index (χ4v) is 3.40. The molecule has 0 aliphatic carbocycles. The van der Waals surface area contributed by atoms with Crippen molar-refractivity contribution in [3.63, 3.8) is 0 Å². The van der Waals surface area contributed by atoms with Crippen molar-refractivity contribution in [1.82, 2.24) is 0 Å². The van der Waals surface area contributed by atoms with Gasteiger partial charge < -0.3 is 18.9 Å². The third kappa shape index (κ3) is 7.22. The highest BCUT2D eigenvalue weighted by atomic mass is 35.5. The minimum atomic E-state index is -1.52. The lowest BCUT2D eigenvalue weighted by molar-refractivity contribution is -0.126. The van der Waals surface area contributed by atoms with Gasteiger partial charge in [0.15, 0.2) is 34.5 Å². The molecule has 0 bridgehead atoms. The summed E-state index contributed by atoms with van der Waals surface area (Å²) < 4.78 is 23.1. The van der Waals surface area contributed by atoms with Crippen molar-refractivity contribution in [3.8, 4) is 23.0 Å². The molecule has 0 aliphatic heterocycles. The molecule has 0 saturated carbocycles. The number of azo groups is 1. The third-order valence-electron chi connectivity index (χ3n) is 4.47. The van der Waals surface area contributed by atoms with Crippen molar-refractivity contribution in [1.29, 1.82) is 0 Å². The smallest absolute Gasteiger partial charge is 0.276 e. The normalized spacial score (nSPS) is 11.7. The molecule has 0 aliphatic rings. The maximum atomic E-state index is 13.1. The second kappa shape index (κ2) is 13.7. The van der Waals surface area contributed by atoms with Crippen LogP contribution in [-0.4, -0.2) is 44.2 Å².